The van der Waals surface area contributed by atoms with E-state index in [0.717, 1.165) is 10.9 Å². The van der Waals surface area contributed by atoms with E-state index in [4.69, 9.17) is 0 Å². The summed E-state index contributed by atoms with van der Waals surface area (Å²) in [5.41, 5.74) is 4.02. The molecule has 2 rings (SSSR count). The summed E-state index contributed by atoms with van der Waals surface area (Å²) in [7, 11) is 2.02. The first-order chi connectivity index (χ1) is 7.65. The van der Waals surface area contributed by atoms with Gasteiger partial charge in [-0.2, -0.15) is 0 Å². The molecule has 0 N–H and O–H groups in total. The molecule has 84 valence electrons. The Kier molecular flexibility index (Phi) is 3.34. The van der Waals surface area contributed by atoms with E-state index < -0.39 is 0 Å². The van der Waals surface area contributed by atoms with Gasteiger partial charge in [-0.3, -0.25) is 0 Å². The standard InChI is InChI=1S/C13H16N2S/c1-10-6-11(2)8-12(7-10)9-16-13-14-4-5-15(13)3/h4-8H,9H2,1-3H3. The van der Waals surface area contributed by atoms with E-state index in [9.17, 15) is 0 Å². The maximum absolute atomic E-state index is 4.30. The van der Waals surface area contributed by atoms with Crippen molar-refractivity contribution in [2.24, 2.45) is 7.05 Å². The minimum absolute atomic E-state index is 0.980. The molecule has 3 heteroatoms. The van der Waals surface area contributed by atoms with Crippen molar-refractivity contribution in [3.05, 3.63) is 47.3 Å². The molecule has 16 heavy (non-hydrogen) atoms. The predicted molar refractivity (Wildman–Crippen MR) is 68.7 cm³/mol. The quantitative estimate of drug-likeness (QED) is 0.755. The van der Waals surface area contributed by atoms with Crippen LogP contribution in [0.25, 0.3) is 0 Å². The molecule has 0 aliphatic carbocycles. The summed E-state index contributed by atoms with van der Waals surface area (Å²) in [6.07, 6.45) is 3.81. The first-order valence-electron chi connectivity index (χ1n) is 5.32. The van der Waals surface area contributed by atoms with Crippen LogP contribution < -0.4 is 0 Å². The zero-order chi connectivity index (χ0) is 11.5. The summed E-state index contributed by atoms with van der Waals surface area (Å²) in [5, 5.41) is 1.07. The smallest absolute Gasteiger partial charge is 0.167 e. The Morgan fingerprint density at radius 3 is 2.44 bits per heavy atom. The van der Waals surface area contributed by atoms with Crippen LogP contribution in [0.5, 0.6) is 0 Å². The minimum Gasteiger partial charge on any atom is -0.329 e. The van der Waals surface area contributed by atoms with E-state index in [1.807, 2.05) is 24.0 Å². The predicted octanol–water partition coefficient (Wildman–Crippen LogP) is 3.33. The Morgan fingerprint density at radius 1 is 1.19 bits per heavy atom. The maximum atomic E-state index is 4.30. The fourth-order valence-corrected chi connectivity index (χ4v) is 2.65. The van der Waals surface area contributed by atoms with Crippen LogP contribution in [0.3, 0.4) is 0 Å². The molecule has 0 fully saturated rings. The number of imidazole rings is 1. The highest BCUT2D eigenvalue weighted by Gasteiger charge is 2.01. The number of nitrogens with zero attached hydrogens (tertiary/aromatic N) is 2. The van der Waals surface area contributed by atoms with Gasteiger partial charge in [-0.1, -0.05) is 41.1 Å². The average molecular weight is 232 g/mol. The van der Waals surface area contributed by atoms with Crippen molar-refractivity contribution < 1.29 is 0 Å². The molecule has 2 aromatic rings. The number of aryl methyl sites for hydroxylation is 3. The largest absolute Gasteiger partial charge is 0.329 e. The number of hydrogen-bond acceptors (Lipinski definition) is 2. The SMILES string of the molecule is Cc1cc(C)cc(CSc2nccn2C)c1. The molecule has 0 spiro atoms. The van der Waals surface area contributed by atoms with E-state index >= 15 is 0 Å². The van der Waals surface area contributed by atoms with Crippen LogP contribution in [-0.2, 0) is 12.8 Å². The summed E-state index contributed by atoms with van der Waals surface area (Å²) in [5.74, 6) is 0.980. The highest BCUT2D eigenvalue weighted by molar-refractivity contribution is 7.98. The number of benzene rings is 1. The molecule has 2 nitrogen and oxygen atoms in total. The molecule has 0 bridgehead atoms. The lowest BCUT2D eigenvalue weighted by Crippen LogP contribution is -1.90. The van der Waals surface area contributed by atoms with Crippen molar-refractivity contribution in [3.63, 3.8) is 0 Å². The topological polar surface area (TPSA) is 17.8 Å². The second-order valence-electron chi connectivity index (χ2n) is 4.11. The van der Waals surface area contributed by atoms with Gasteiger partial charge in [0.15, 0.2) is 5.16 Å². The molecule has 0 amide bonds. The Morgan fingerprint density at radius 2 is 1.88 bits per heavy atom. The Bertz CT molecular complexity index is 468. The third-order valence-corrected chi connectivity index (χ3v) is 3.56. The molecule has 1 aromatic heterocycles. The van der Waals surface area contributed by atoms with Crippen molar-refractivity contribution in [3.8, 4) is 0 Å². The zero-order valence-electron chi connectivity index (χ0n) is 9.90. The number of hydrogen-bond donors (Lipinski definition) is 0. The fraction of sp³-hybridized carbons (Fsp3) is 0.308. The van der Waals surface area contributed by atoms with Gasteiger partial charge in [0.1, 0.15) is 0 Å². The third-order valence-electron chi connectivity index (χ3n) is 2.43. The molecular weight excluding hydrogens is 216 g/mol. The van der Waals surface area contributed by atoms with Gasteiger partial charge in [0.25, 0.3) is 0 Å². The summed E-state index contributed by atoms with van der Waals surface area (Å²) >= 11 is 1.78. The molecular formula is C13H16N2S. The highest BCUT2D eigenvalue weighted by Crippen LogP contribution is 2.21. The van der Waals surface area contributed by atoms with Gasteiger partial charge in [-0.15, -0.1) is 0 Å². The van der Waals surface area contributed by atoms with Crippen molar-refractivity contribution in [1.82, 2.24) is 9.55 Å². The van der Waals surface area contributed by atoms with Crippen LogP contribution in [0.4, 0.5) is 0 Å². The molecule has 0 saturated carbocycles. The summed E-state index contributed by atoms with van der Waals surface area (Å²) in [4.78, 5) is 4.30. The van der Waals surface area contributed by atoms with Crippen LogP contribution in [0.2, 0.25) is 0 Å². The first kappa shape index (κ1) is 11.3. The average Bonchev–Trinajstić information content (AvgIpc) is 2.59. The molecule has 0 unspecified atom stereocenters. The van der Waals surface area contributed by atoms with Gasteiger partial charge in [-0.25, -0.2) is 4.98 Å². The zero-order valence-corrected chi connectivity index (χ0v) is 10.7. The van der Waals surface area contributed by atoms with E-state index in [1.54, 1.807) is 11.8 Å². The van der Waals surface area contributed by atoms with Gasteiger partial charge in [0.05, 0.1) is 0 Å². The van der Waals surface area contributed by atoms with E-state index in [-0.39, 0.29) is 0 Å². The number of aromatic nitrogens is 2. The number of rotatable bonds is 3. The Hall–Kier alpha value is -1.22. The summed E-state index contributed by atoms with van der Waals surface area (Å²) in [6.45, 7) is 4.28. The van der Waals surface area contributed by atoms with E-state index in [2.05, 4.69) is 37.0 Å². The molecule has 0 saturated heterocycles. The van der Waals surface area contributed by atoms with Crippen LogP contribution in [0.1, 0.15) is 16.7 Å². The molecule has 0 atom stereocenters. The first-order valence-corrected chi connectivity index (χ1v) is 6.31. The van der Waals surface area contributed by atoms with E-state index in [1.165, 1.54) is 16.7 Å². The Balaban J connectivity index is 2.07. The second-order valence-corrected chi connectivity index (χ2v) is 5.05. The van der Waals surface area contributed by atoms with Crippen molar-refractivity contribution in [2.45, 2.75) is 24.8 Å². The van der Waals surface area contributed by atoms with Gasteiger partial charge in [0.2, 0.25) is 0 Å². The minimum atomic E-state index is 0.980. The molecule has 0 aliphatic rings. The fourth-order valence-electron chi connectivity index (χ4n) is 1.79. The van der Waals surface area contributed by atoms with Crippen LogP contribution in [0, 0.1) is 13.8 Å². The van der Waals surface area contributed by atoms with Crippen molar-refractivity contribution >= 4 is 11.8 Å². The van der Waals surface area contributed by atoms with Gasteiger partial charge in [0, 0.05) is 25.2 Å². The molecule has 1 aromatic carbocycles. The highest BCUT2D eigenvalue weighted by atomic mass is 32.2. The monoisotopic (exact) mass is 232 g/mol. The molecule has 0 radical (unpaired) electrons. The van der Waals surface area contributed by atoms with Gasteiger partial charge < -0.3 is 4.57 Å². The van der Waals surface area contributed by atoms with Crippen molar-refractivity contribution in [2.75, 3.05) is 0 Å². The Labute approximate surface area is 101 Å². The summed E-state index contributed by atoms with van der Waals surface area (Å²) in [6, 6.07) is 6.68. The normalized spacial score (nSPS) is 10.7. The van der Waals surface area contributed by atoms with Crippen LogP contribution in [-0.4, -0.2) is 9.55 Å². The van der Waals surface area contributed by atoms with Crippen LogP contribution in [0.15, 0.2) is 35.7 Å². The summed E-state index contributed by atoms with van der Waals surface area (Å²) < 4.78 is 2.05. The lowest BCUT2D eigenvalue weighted by Gasteiger charge is -2.05. The third kappa shape index (κ3) is 2.67. The second kappa shape index (κ2) is 4.74. The maximum Gasteiger partial charge on any atom is 0.167 e. The van der Waals surface area contributed by atoms with Crippen LogP contribution >= 0.6 is 11.8 Å². The van der Waals surface area contributed by atoms with Crippen molar-refractivity contribution in [1.29, 1.82) is 0 Å². The van der Waals surface area contributed by atoms with Gasteiger partial charge >= 0.3 is 0 Å². The van der Waals surface area contributed by atoms with Gasteiger partial charge in [-0.05, 0) is 19.4 Å². The number of thioether (sulfide) groups is 1. The molecule has 1 heterocycles. The van der Waals surface area contributed by atoms with E-state index in [0.29, 0.717) is 0 Å². The lowest BCUT2D eigenvalue weighted by molar-refractivity contribution is 0.790. The molecule has 0 aliphatic heterocycles. The lowest BCUT2D eigenvalue weighted by atomic mass is 10.1.